The van der Waals surface area contributed by atoms with Gasteiger partial charge >= 0.3 is 0 Å². The highest BCUT2D eigenvalue weighted by atomic mass is 16.3. The van der Waals surface area contributed by atoms with E-state index >= 15 is 0 Å². The highest BCUT2D eigenvalue weighted by Gasteiger charge is 2.15. The van der Waals surface area contributed by atoms with E-state index < -0.39 is 0 Å². The molecule has 0 spiro atoms. The maximum absolute atomic E-state index is 9.17. The lowest BCUT2D eigenvalue weighted by Gasteiger charge is -2.13. The molecular weight excluding hydrogens is 226 g/mol. The molecule has 0 radical (unpaired) electrons. The minimum Gasteiger partial charge on any atom is -0.394 e. The van der Waals surface area contributed by atoms with Crippen molar-refractivity contribution in [2.45, 2.75) is 25.3 Å². The second-order valence-corrected chi connectivity index (χ2v) is 4.78. The third-order valence-corrected chi connectivity index (χ3v) is 3.60. The van der Waals surface area contributed by atoms with Gasteiger partial charge in [0.1, 0.15) is 0 Å². The van der Waals surface area contributed by atoms with Crippen molar-refractivity contribution in [1.29, 1.82) is 0 Å². The van der Waals surface area contributed by atoms with Crippen LogP contribution in [0.1, 0.15) is 29.3 Å². The summed E-state index contributed by atoms with van der Waals surface area (Å²) in [6, 6.07) is 6.10. The second kappa shape index (κ2) is 4.55. The number of fused-ring (bicyclic) bond motifs is 1. The summed E-state index contributed by atoms with van der Waals surface area (Å²) < 4.78 is 1.96. The molecule has 1 atom stereocenters. The summed E-state index contributed by atoms with van der Waals surface area (Å²) >= 11 is 0. The predicted molar refractivity (Wildman–Crippen MR) is 69.6 cm³/mol. The second-order valence-electron chi connectivity index (χ2n) is 4.78. The quantitative estimate of drug-likeness (QED) is 0.855. The van der Waals surface area contributed by atoms with Gasteiger partial charge in [-0.3, -0.25) is 0 Å². The number of hydrogen-bond acceptors (Lipinski definition) is 3. The van der Waals surface area contributed by atoms with Crippen molar-refractivity contribution in [2.75, 3.05) is 6.61 Å². The Hall–Kier alpha value is -1.65. The van der Waals surface area contributed by atoms with Crippen LogP contribution in [0.25, 0.3) is 5.69 Å². The Kier molecular flexibility index (Phi) is 2.89. The maximum atomic E-state index is 9.17. The van der Waals surface area contributed by atoms with E-state index in [0.717, 1.165) is 17.8 Å². The van der Waals surface area contributed by atoms with Crippen LogP contribution in [0.5, 0.6) is 0 Å². The first-order chi connectivity index (χ1) is 8.79. The first kappa shape index (κ1) is 11.4. The summed E-state index contributed by atoms with van der Waals surface area (Å²) in [6.45, 7) is -0.0728. The predicted octanol–water partition coefficient (Wildman–Crippen LogP) is 1.35. The highest BCUT2D eigenvalue weighted by molar-refractivity contribution is 5.43. The average molecular weight is 243 g/mol. The van der Waals surface area contributed by atoms with Crippen molar-refractivity contribution >= 4 is 0 Å². The van der Waals surface area contributed by atoms with Crippen molar-refractivity contribution in [3.8, 4) is 5.69 Å². The number of aryl methyl sites for hydroxylation is 2. The topological polar surface area (TPSA) is 64.1 Å². The molecular formula is C14H17N3O. The first-order valence-corrected chi connectivity index (χ1v) is 6.30. The maximum Gasteiger partial charge on any atom is 0.0994 e. The molecule has 0 bridgehead atoms. The van der Waals surface area contributed by atoms with Crippen molar-refractivity contribution in [3.63, 3.8) is 0 Å². The van der Waals surface area contributed by atoms with Crippen molar-refractivity contribution in [1.82, 2.24) is 9.55 Å². The summed E-state index contributed by atoms with van der Waals surface area (Å²) in [5.74, 6) is 0. The van der Waals surface area contributed by atoms with Gasteiger partial charge in [0.05, 0.1) is 30.9 Å². The molecule has 1 unspecified atom stereocenters. The fourth-order valence-electron chi connectivity index (χ4n) is 2.60. The van der Waals surface area contributed by atoms with E-state index in [0.29, 0.717) is 0 Å². The molecule has 0 saturated carbocycles. The smallest absolute Gasteiger partial charge is 0.0994 e. The van der Waals surface area contributed by atoms with Crippen LogP contribution in [0.2, 0.25) is 0 Å². The lowest BCUT2D eigenvalue weighted by Crippen LogP contribution is -2.18. The van der Waals surface area contributed by atoms with E-state index in [1.807, 2.05) is 4.57 Å². The molecule has 1 aromatic carbocycles. The number of nitrogens with zero attached hydrogens (tertiary/aromatic N) is 2. The van der Waals surface area contributed by atoms with E-state index in [9.17, 15) is 0 Å². The van der Waals surface area contributed by atoms with Crippen LogP contribution in [0.4, 0.5) is 0 Å². The molecule has 1 aliphatic rings. The zero-order valence-corrected chi connectivity index (χ0v) is 10.2. The van der Waals surface area contributed by atoms with Crippen LogP contribution in [-0.4, -0.2) is 21.3 Å². The monoisotopic (exact) mass is 243 g/mol. The Morgan fingerprint density at radius 1 is 1.33 bits per heavy atom. The number of hydrogen-bond donors (Lipinski definition) is 2. The number of benzene rings is 1. The third-order valence-electron chi connectivity index (χ3n) is 3.60. The van der Waals surface area contributed by atoms with E-state index in [-0.39, 0.29) is 12.6 Å². The largest absolute Gasteiger partial charge is 0.394 e. The van der Waals surface area contributed by atoms with Crippen LogP contribution >= 0.6 is 0 Å². The molecule has 0 aliphatic heterocycles. The van der Waals surface area contributed by atoms with Crippen molar-refractivity contribution in [2.24, 2.45) is 5.73 Å². The Morgan fingerprint density at radius 3 is 3.00 bits per heavy atom. The number of aliphatic hydroxyl groups is 1. The van der Waals surface area contributed by atoms with E-state index in [4.69, 9.17) is 10.8 Å². The molecule has 0 saturated heterocycles. The van der Waals surface area contributed by atoms with E-state index in [1.165, 1.54) is 24.0 Å². The molecule has 4 nitrogen and oxygen atoms in total. The molecule has 3 rings (SSSR count). The summed E-state index contributed by atoms with van der Waals surface area (Å²) in [5, 5.41) is 9.17. The molecule has 4 heteroatoms. The third kappa shape index (κ3) is 1.83. The van der Waals surface area contributed by atoms with Gasteiger partial charge in [-0.25, -0.2) is 4.98 Å². The van der Waals surface area contributed by atoms with Crippen molar-refractivity contribution in [3.05, 3.63) is 47.5 Å². The van der Waals surface area contributed by atoms with E-state index in [1.54, 1.807) is 12.5 Å². The number of nitrogens with two attached hydrogens (primary N) is 1. The van der Waals surface area contributed by atoms with Gasteiger partial charge < -0.3 is 15.4 Å². The molecule has 3 N–H and O–H groups in total. The lowest BCUT2D eigenvalue weighted by molar-refractivity contribution is 0.265. The zero-order valence-electron chi connectivity index (χ0n) is 10.2. The molecule has 2 aromatic rings. The first-order valence-electron chi connectivity index (χ1n) is 6.30. The molecule has 1 heterocycles. The fraction of sp³-hybridized carbons (Fsp3) is 0.357. The van der Waals surface area contributed by atoms with Gasteiger partial charge in [-0.15, -0.1) is 0 Å². The molecule has 0 fully saturated rings. The van der Waals surface area contributed by atoms with Gasteiger partial charge in [-0.1, -0.05) is 6.07 Å². The number of aromatic nitrogens is 2. The molecule has 0 amide bonds. The Labute approximate surface area is 106 Å². The molecule has 94 valence electrons. The van der Waals surface area contributed by atoms with Crippen LogP contribution in [0.15, 0.2) is 30.7 Å². The molecule has 1 aromatic heterocycles. The van der Waals surface area contributed by atoms with Gasteiger partial charge in [0.15, 0.2) is 0 Å². The van der Waals surface area contributed by atoms with Gasteiger partial charge in [0.2, 0.25) is 0 Å². The zero-order chi connectivity index (χ0) is 12.5. The van der Waals surface area contributed by atoms with Crippen molar-refractivity contribution < 1.29 is 5.11 Å². The minimum atomic E-state index is -0.388. The summed E-state index contributed by atoms with van der Waals surface area (Å²) in [5.41, 5.74) is 10.7. The van der Waals surface area contributed by atoms with Gasteiger partial charge in [-0.2, -0.15) is 0 Å². The SMILES string of the molecule is NC(CO)c1cncn1-c1ccc2c(c1)CCC2. The summed E-state index contributed by atoms with van der Waals surface area (Å²) in [7, 11) is 0. The molecule has 1 aliphatic carbocycles. The van der Waals surface area contributed by atoms with E-state index in [2.05, 4.69) is 23.2 Å². The number of imidazole rings is 1. The highest BCUT2D eigenvalue weighted by Crippen LogP contribution is 2.25. The number of aliphatic hydroxyl groups excluding tert-OH is 1. The Balaban J connectivity index is 2.02. The normalized spacial score (nSPS) is 15.7. The van der Waals surface area contributed by atoms with Gasteiger partial charge in [0.25, 0.3) is 0 Å². The lowest BCUT2D eigenvalue weighted by atomic mass is 10.1. The minimum absolute atomic E-state index is 0.0728. The van der Waals surface area contributed by atoms with Gasteiger partial charge in [0, 0.05) is 5.69 Å². The fourth-order valence-corrected chi connectivity index (χ4v) is 2.60. The Morgan fingerprint density at radius 2 is 2.17 bits per heavy atom. The summed E-state index contributed by atoms with van der Waals surface area (Å²) in [6.07, 6.45) is 7.04. The number of rotatable bonds is 3. The van der Waals surface area contributed by atoms with Crippen LogP contribution < -0.4 is 5.73 Å². The van der Waals surface area contributed by atoms with Crippen LogP contribution in [-0.2, 0) is 12.8 Å². The molecule has 18 heavy (non-hydrogen) atoms. The average Bonchev–Trinajstić information content (AvgIpc) is 3.05. The standard InChI is InChI=1S/C14H17N3O/c15-13(8-18)14-7-16-9-17(14)12-5-4-10-2-1-3-11(10)6-12/h4-7,9,13,18H,1-3,8,15H2. The summed E-state index contributed by atoms with van der Waals surface area (Å²) in [4.78, 5) is 4.13. The van der Waals surface area contributed by atoms with Crippen LogP contribution in [0, 0.1) is 0 Å². The Bertz CT molecular complexity index is 562. The van der Waals surface area contributed by atoms with Crippen LogP contribution in [0.3, 0.4) is 0 Å². The van der Waals surface area contributed by atoms with Gasteiger partial charge in [-0.05, 0) is 42.5 Å².